The fraction of sp³-hybridized carbons (Fsp3) is 0.217. The molecule has 0 amide bonds. The first-order valence-corrected chi connectivity index (χ1v) is 9.79. The van der Waals surface area contributed by atoms with Crippen LogP contribution in [0, 0.1) is 5.82 Å². The molecule has 0 radical (unpaired) electrons. The maximum Gasteiger partial charge on any atom is 0.130 e. The second-order valence-electron chi connectivity index (χ2n) is 6.91. The van der Waals surface area contributed by atoms with E-state index >= 15 is 0 Å². The van der Waals surface area contributed by atoms with E-state index in [4.69, 9.17) is 20.8 Å². The zero-order chi connectivity index (χ0) is 20.2. The molecule has 0 saturated carbocycles. The summed E-state index contributed by atoms with van der Waals surface area (Å²) in [6.07, 6.45) is 4.48. The smallest absolute Gasteiger partial charge is 0.130 e. The van der Waals surface area contributed by atoms with Gasteiger partial charge in [-0.3, -0.25) is 4.90 Å². The molecule has 1 aliphatic heterocycles. The van der Waals surface area contributed by atoms with Gasteiger partial charge in [-0.1, -0.05) is 29.8 Å². The van der Waals surface area contributed by atoms with Crippen molar-refractivity contribution in [1.82, 2.24) is 4.90 Å². The molecule has 0 aliphatic carbocycles. The SMILES string of the molecule is OC(c1ccc2c(c1)CN(C/C=C/c1ccco1)CCO2)c1c(F)cccc1Cl. The van der Waals surface area contributed by atoms with Gasteiger partial charge in [0.2, 0.25) is 0 Å². The Morgan fingerprint density at radius 2 is 2.10 bits per heavy atom. The van der Waals surface area contributed by atoms with E-state index in [1.165, 1.54) is 12.1 Å². The Morgan fingerprint density at radius 1 is 1.21 bits per heavy atom. The van der Waals surface area contributed by atoms with Gasteiger partial charge < -0.3 is 14.3 Å². The van der Waals surface area contributed by atoms with Crippen molar-refractivity contribution >= 4 is 17.7 Å². The second-order valence-corrected chi connectivity index (χ2v) is 7.31. The van der Waals surface area contributed by atoms with Crippen LogP contribution in [0.25, 0.3) is 6.08 Å². The summed E-state index contributed by atoms with van der Waals surface area (Å²) in [5, 5.41) is 10.9. The fourth-order valence-corrected chi connectivity index (χ4v) is 3.70. The summed E-state index contributed by atoms with van der Waals surface area (Å²) in [4.78, 5) is 2.23. The van der Waals surface area contributed by atoms with Crippen molar-refractivity contribution in [3.8, 4) is 5.75 Å². The average molecular weight is 414 g/mol. The molecule has 1 atom stereocenters. The quantitative estimate of drug-likeness (QED) is 0.635. The van der Waals surface area contributed by atoms with E-state index in [-0.39, 0.29) is 10.6 Å². The lowest BCUT2D eigenvalue weighted by Gasteiger charge is -2.19. The van der Waals surface area contributed by atoms with Gasteiger partial charge in [-0.15, -0.1) is 0 Å². The van der Waals surface area contributed by atoms with E-state index in [2.05, 4.69) is 4.90 Å². The molecule has 0 spiro atoms. The fourth-order valence-electron chi connectivity index (χ4n) is 3.44. The van der Waals surface area contributed by atoms with E-state index in [1.54, 1.807) is 18.4 Å². The number of aliphatic hydroxyl groups is 1. The van der Waals surface area contributed by atoms with Gasteiger partial charge in [0.1, 0.15) is 30.0 Å². The molecule has 6 heteroatoms. The molecule has 0 bridgehead atoms. The molecule has 2 heterocycles. The van der Waals surface area contributed by atoms with Gasteiger partial charge >= 0.3 is 0 Å². The molecule has 1 N–H and O–H groups in total. The van der Waals surface area contributed by atoms with Crippen LogP contribution in [0.3, 0.4) is 0 Å². The summed E-state index contributed by atoms with van der Waals surface area (Å²) in [5.41, 5.74) is 1.60. The Morgan fingerprint density at radius 3 is 2.90 bits per heavy atom. The molecule has 0 saturated heterocycles. The molecule has 1 unspecified atom stereocenters. The van der Waals surface area contributed by atoms with Gasteiger partial charge in [-0.25, -0.2) is 4.39 Å². The Balaban J connectivity index is 1.53. The average Bonchev–Trinajstić information content (AvgIpc) is 3.13. The minimum Gasteiger partial charge on any atom is -0.492 e. The van der Waals surface area contributed by atoms with E-state index in [1.807, 2.05) is 36.4 Å². The summed E-state index contributed by atoms with van der Waals surface area (Å²) < 4.78 is 25.4. The first-order chi connectivity index (χ1) is 14.1. The number of nitrogens with zero attached hydrogens (tertiary/aromatic N) is 1. The third-order valence-electron chi connectivity index (χ3n) is 4.92. The summed E-state index contributed by atoms with van der Waals surface area (Å²) in [7, 11) is 0. The lowest BCUT2D eigenvalue weighted by atomic mass is 9.98. The summed E-state index contributed by atoms with van der Waals surface area (Å²) in [6, 6.07) is 13.6. The van der Waals surface area contributed by atoms with Gasteiger partial charge in [-0.05, 0) is 48.0 Å². The topological polar surface area (TPSA) is 45.8 Å². The molecule has 1 aromatic heterocycles. The van der Waals surface area contributed by atoms with Gasteiger partial charge in [0.15, 0.2) is 0 Å². The summed E-state index contributed by atoms with van der Waals surface area (Å²) in [5.74, 6) is 1.06. The Kier molecular flexibility index (Phi) is 6.00. The van der Waals surface area contributed by atoms with Gasteiger partial charge in [-0.2, -0.15) is 0 Å². The number of benzene rings is 2. The van der Waals surface area contributed by atoms with Crippen LogP contribution in [0.15, 0.2) is 65.3 Å². The van der Waals surface area contributed by atoms with Crippen LogP contribution >= 0.6 is 11.6 Å². The summed E-state index contributed by atoms with van der Waals surface area (Å²) >= 11 is 6.12. The van der Waals surface area contributed by atoms with Gasteiger partial charge in [0.05, 0.1) is 6.26 Å². The molecule has 2 aromatic carbocycles. The first kappa shape index (κ1) is 19.7. The van der Waals surface area contributed by atoms with E-state index in [0.717, 1.165) is 30.2 Å². The van der Waals surface area contributed by atoms with Crippen LogP contribution < -0.4 is 4.74 Å². The minimum atomic E-state index is -1.15. The van der Waals surface area contributed by atoms with Crippen LogP contribution in [-0.4, -0.2) is 29.7 Å². The number of halogens is 2. The summed E-state index contributed by atoms with van der Waals surface area (Å²) in [6.45, 7) is 2.73. The highest BCUT2D eigenvalue weighted by molar-refractivity contribution is 6.31. The van der Waals surface area contributed by atoms with Crippen molar-refractivity contribution in [3.05, 3.63) is 94.2 Å². The first-order valence-electron chi connectivity index (χ1n) is 9.42. The molecule has 150 valence electrons. The van der Waals surface area contributed by atoms with Crippen molar-refractivity contribution in [2.24, 2.45) is 0 Å². The van der Waals surface area contributed by atoms with Gasteiger partial charge in [0.25, 0.3) is 0 Å². The van der Waals surface area contributed by atoms with E-state index in [9.17, 15) is 9.50 Å². The molecular formula is C23H21ClFNO3. The zero-order valence-electron chi connectivity index (χ0n) is 15.7. The Bertz CT molecular complexity index is 983. The normalized spacial score (nSPS) is 15.7. The molecule has 4 rings (SSSR count). The van der Waals surface area contributed by atoms with Crippen molar-refractivity contribution < 1.29 is 18.7 Å². The molecule has 4 nitrogen and oxygen atoms in total. The number of rotatable bonds is 5. The number of furan rings is 1. The third-order valence-corrected chi connectivity index (χ3v) is 5.25. The monoisotopic (exact) mass is 413 g/mol. The molecule has 29 heavy (non-hydrogen) atoms. The standard InChI is InChI=1S/C23H21ClFNO3/c24-19-6-1-7-20(25)22(19)23(27)16-8-9-21-17(14-16)15-26(11-13-29-21)10-2-4-18-5-3-12-28-18/h1-9,12,14,23,27H,10-11,13,15H2/b4-2+. The highest BCUT2D eigenvalue weighted by atomic mass is 35.5. The highest BCUT2D eigenvalue weighted by Crippen LogP contribution is 2.33. The lowest BCUT2D eigenvalue weighted by Crippen LogP contribution is -2.25. The number of hydrogen-bond donors (Lipinski definition) is 1. The number of fused-ring (bicyclic) bond motifs is 1. The maximum atomic E-state index is 14.2. The van der Waals surface area contributed by atoms with Crippen LogP contribution in [0.4, 0.5) is 4.39 Å². The number of aliphatic hydroxyl groups excluding tert-OH is 1. The molecule has 1 aliphatic rings. The lowest BCUT2D eigenvalue weighted by molar-refractivity contribution is 0.214. The largest absolute Gasteiger partial charge is 0.492 e. The van der Waals surface area contributed by atoms with E-state index < -0.39 is 11.9 Å². The maximum absolute atomic E-state index is 14.2. The van der Waals surface area contributed by atoms with Crippen LogP contribution in [-0.2, 0) is 6.54 Å². The molecule has 0 fully saturated rings. The zero-order valence-corrected chi connectivity index (χ0v) is 16.5. The van der Waals surface area contributed by atoms with Crippen LogP contribution in [0.2, 0.25) is 5.02 Å². The molecular weight excluding hydrogens is 393 g/mol. The van der Waals surface area contributed by atoms with Gasteiger partial charge in [0, 0.05) is 35.8 Å². The van der Waals surface area contributed by atoms with Crippen LogP contribution in [0.1, 0.15) is 28.6 Å². The third kappa shape index (κ3) is 4.53. The van der Waals surface area contributed by atoms with Crippen molar-refractivity contribution in [1.29, 1.82) is 0 Å². The van der Waals surface area contributed by atoms with Crippen LogP contribution in [0.5, 0.6) is 5.75 Å². The van der Waals surface area contributed by atoms with Crippen molar-refractivity contribution in [2.45, 2.75) is 12.6 Å². The number of hydrogen-bond acceptors (Lipinski definition) is 4. The van der Waals surface area contributed by atoms with E-state index in [0.29, 0.717) is 18.7 Å². The predicted molar refractivity (Wildman–Crippen MR) is 110 cm³/mol. The minimum absolute atomic E-state index is 0.0851. The van der Waals surface area contributed by atoms with Crippen molar-refractivity contribution in [2.75, 3.05) is 19.7 Å². The molecule has 3 aromatic rings. The Hall–Kier alpha value is -2.60. The van der Waals surface area contributed by atoms with Crippen molar-refractivity contribution in [3.63, 3.8) is 0 Å². The Labute approximate surface area is 173 Å². The second kappa shape index (κ2) is 8.82. The highest BCUT2D eigenvalue weighted by Gasteiger charge is 2.21. The number of ether oxygens (including phenoxy) is 1. The predicted octanol–water partition coefficient (Wildman–Crippen LogP) is 5.06.